The van der Waals surface area contributed by atoms with Crippen LogP contribution < -0.4 is 0 Å². The summed E-state index contributed by atoms with van der Waals surface area (Å²) >= 11 is 0. The Morgan fingerprint density at radius 1 is 0.657 bits per heavy atom. The van der Waals surface area contributed by atoms with Crippen LogP contribution in [0.2, 0.25) is 0 Å². The lowest BCUT2D eigenvalue weighted by Crippen LogP contribution is -2.35. The average Bonchev–Trinajstić information content (AvgIpc) is 3.39. The molecule has 1 unspecified atom stereocenters. The van der Waals surface area contributed by atoms with E-state index in [2.05, 4.69) is 12.1 Å². The van der Waals surface area contributed by atoms with Gasteiger partial charge in [0.2, 0.25) is 6.10 Å². The van der Waals surface area contributed by atoms with Gasteiger partial charge in [0.15, 0.2) is 0 Å². The van der Waals surface area contributed by atoms with Crippen molar-refractivity contribution in [1.82, 2.24) is 0 Å². The van der Waals surface area contributed by atoms with Crippen molar-refractivity contribution in [3.05, 3.63) is 119 Å². The molecule has 1 atom stereocenters. The summed E-state index contributed by atoms with van der Waals surface area (Å²) in [4.78, 5) is 25.1. The summed E-state index contributed by atoms with van der Waals surface area (Å²) in [6.45, 7) is 0.0996. The zero-order valence-corrected chi connectivity index (χ0v) is 18.8. The van der Waals surface area contributed by atoms with Gasteiger partial charge in [-0.3, -0.25) is 0 Å². The van der Waals surface area contributed by atoms with Crippen molar-refractivity contribution in [3.8, 4) is 22.3 Å². The predicted molar refractivity (Wildman–Crippen MR) is 131 cm³/mol. The number of rotatable bonds is 5. The summed E-state index contributed by atoms with van der Waals surface area (Å²) in [7, 11) is 0. The lowest BCUT2D eigenvalue weighted by atomic mass is 9.91. The van der Waals surface area contributed by atoms with Crippen LogP contribution in [-0.4, -0.2) is 29.9 Å². The fourth-order valence-corrected chi connectivity index (χ4v) is 5.57. The van der Waals surface area contributed by atoms with E-state index in [0.29, 0.717) is 0 Å². The van der Waals surface area contributed by atoms with Crippen LogP contribution in [0, 0.1) is 0 Å². The Hall–Kier alpha value is -4.38. The Balaban J connectivity index is 1.32. The van der Waals surface area contributed by atoms with Crippen molar-refractivity contribution in [2.45, 2.75) is 17.9 Å². The fourth-order valence-electron chi connectivity index (χ4n) is 5.57. The maximum Gasteiger partial charge on any atom is 0.506 e. The molecule has 0 amide bonds. The SMILES string of the molecule is O=C(O)OC(C(=O)OCC1c2ccccc2-c2ccccc21)C1c2ccccc2-c2ccccc21. The number of carbonyl (C=O) groups excluding carboxylic acids is 1. The number of carbonyl (C=O) groups is 2. The fraction of sp³-hybridized carbons (Fsp3) is 0.133. The normalized spacial score (nSPS) is 14.4. The molecule has 0 aliphatic heterocycles. The second kappa shape index (κ2) is 8.44. The maximum atomic E-state index is 13.5. The number of hydrogen-bond donors (Lipinski definition) is 1. The Morgan fingerprint density at radius 3 is 1.51 bits per heavy atom. The lowest BCUT2D eigenvalue weighted by molar-refractivity contribution is -0.155. The molecule has 0 saturated heterocycles. The summed E-state index contributed by atoms with van der Waals surface area (Å²) < 4.78 is 11.0. The van der Waals surface area contributed by atoms with Gasteiger partial charge in [0.25, 0.3) is 0 Å². The van der Waals surface area contributed by atoms with Crippen LogP contribution in [0.5, 0.6) is 0 Å². The van der Waals surface area contributed by atoms with Gasteiger partial charge in [-0.05, 0) is 44.5 Å². The summed E-state index contributed by atoms with van der Waals surface area (Å²) in [6.07, 6.45) is -2.82. The number of ether oxygens (including phenoxy) is 2. The molecule has 172 valence electrons. The third-order valence-corrected chi connectivity index (χ3v) is 7.00. The van der Waals surface area contributed by atoms with Gasteiger partial charge < -0.3 is 14.6 Å². The van der Waals surface area contributed by atoms with Gasteiger partial charge >= 0.3 is 12.1 Å². The number of esters is 1. The summed E-state index contributed by atoms with van der Waals surface area (Å²) in [6, 6.07) is 31.6. The van der Waals surface area contributed by atoms with Gasteiger partial charge in [0, 0.05) is 5.92 Å². The molecular weight excluding hydrogens is 440 g/mol. The topological polar surface area (TPSA) is 72.8 Å². The van der Waals surface area contributed by atoms with E-state index in [1.165, 1.54) is 0 Å². The Labute approximate surface area is 202 Å². The van der Waals surface area contributed by atoms with Crippen LogP contribution in [0.25, 0.3) is 22.3 Å². The van der Waals surface area contributed by atoms with E-state index in [1.54, 1.807) is 0 Å². The molecule has 4 aromatic carbocycles. The third kappa shape index (κ3) is 3.48. The van der Waals surface area contributed by atoms with Gasteiger partial charge in [-0.15, -0.1) is 0 Å². The van der Waals surface area contributed by atoms with Crippen molar-refractivity contribution in [3.63, 3.8) is 0 Å². The summed E-state index contributed by atoms with van der Waals surface area (Å²) in [5.41, 5.74) is 8.09. The monoisotopic (exact) mass is 462 g/mol. The van der Waals surface area contributed by atoms with Crippen LogP contribution in [0.3, 0.4) is 0 Å². The molecule has 35 heavy (non-hydrogen) atoms. The van der Waals surface area contributed by atoms with Crippen LogP contribution in [0.4, 0.5) is 4.79 Å². The van der Waals surface area contributed by atoms with Gasteiger partial charge in [-0.25, -0.2) is 9.59 Å². The lowest BCUT2D eigenvalue weighted by Gasteiger charge is -2.24. The van der Waals surface area contributed by atoms with Gasteiger partial charge in [0.05, 0.1) is 5.92 Å². The standard InChI is InChI=1S/C30H22O5/c31-29(34-17-26-22-13-3-1-9-18(22)19-10-2-4-14-23(19)26)28(35-30(32)33)27-24-15-7-5-11-20(24)21-12-6-8-16-25(21)27/h1-16,26-28H,17H2,(H,32,33). The number of benzene rings is 4. The van der Waals surface area contributed by atoms with Crippen LogP contribution in [-0.2, 0) is 14.3 Å². The molecule has 0 aromatic heterocycles. The minimum absolute atomic E-state index is 0.0996. The highest BCUT2D eigenvalue weighted by atomic mass is 16.7. The van der Waals surface area contributed by atoms with E-state index < -0.39 is 24.1 Å². The van der Waals surface area contributed by atoms with E-state index in [0.717, 1.165) is 44.5 Å². The van der Waals surface area contributed by atoms with Gasteiger partial charge in [0.1, 0.15) is 6.61 Å². The van der Waals surface area contributed by atoms with E-state index in [1.807, 2.05) is 84.9 Å². The largest absolute Gasteiger partial charge is 0.506 e. The molecule has 0 saturated carbocycles. The van der Waals surface area contributed by atoms with Gasteiger partial charge in [-0.1, -0.05) is 97.1 Å². The Bertz CT molecular complexity index is 1370. The van der Waals surface area contributed by atoms with Crippen molar-refractivity contribution >= 4 is 12.1 Å². The Kier molecular flexibility index (Phi) is 5.10. The Morgan fingerprint density at radius 2 is 1.06 bits per heavy atom. The first kappa shape index (κ1) is 21.2. The van der Waals surface area contributed by atoms with Crippen molar-refractivity contribution in [2.75, 3.05) is 6.61 Å². The van der Waals surface area contributed by atoms with E-state index in [9.17, 15) is 14.7 Å². The molecule has 0 fully saturated rings. The maximum absolute atomic E-state index is 13.5. The molecule has 5 heteroatoms. The average molecular weight is 463 g/mol. The first-order chi connectivity index (χ1) is 17.1. The zero-order valence-electron chi connectivity index (χ0n) is 18.8. The predicted octanol–water partition coefficient (Wildman–Crippen LogP) is 6.22. The summed E-state index contributed by atoms with van der Waals surface area (Å²) in [5, 5.41) is 9.50. The molecule has 0 radical (unpaired) electrons. The molecule has 1 N–H and O–H groups in total. The van der Waals surface area contributed by atoms with E-state index in [-0.39, 0.29) is 12.5 Å². The third-order valence-electron chi connectivity index (χ3n) is 7.00. The van der Waals surface area contributed by atoms with E-state index in [4.69, 9.17) is 9.47 Å². The number of carboxylic acid groups (broad SMARTS) is 1. The van der Waals surface area contributed by atoms with E-state index >= 15 is 0 Å². The number of hydrogen-bond acceptors (Lipinski definition) is 4. The molecule has 2 aliphatic rings. The molecule has 4 aromatic rings. The first-order valence-electron chi connectivity index (χ1n) is 11.6. The highest BCUT2D eigenvalue weighted by Crippen LogP contribution is 2.48. The highest BCUT2D eigenvalue weighted by Gasteiger charge is 2.42. The summed E-state index contributed by atoms with van der Waals surface area (Å²) in [5.74, 6) is -1.39. The second-order valence-electron chi connectivity index (χ2n) is 8.81. The second-order valence-corrected chi connectivity index (χ2v) is 8.81. The molecule has 0 spiro atoms. The van der Waals surface area contributed by atoms with Crippen molar-refractivity contribution in [1.29, 1.82) is 0 Å². The van der Waals surface area contributed by atoms with Crippen LogP contribution >= 0.6 is 0 Å². The highest BCUT2D eigenvalue weighted by molar-refractivity contribution is 5.86. The molecule has 6 rings (SSSR count). The first-order valence-corrected chi connectivity index (χ1v) is 11.6. The van der Waals surface area contributed by atoms with Crippen LogP contribution in [0.1, 0.15) is 34.1 Å². The molecule has 0 bridgehead atoms. The minimum atomic E-state index is -1.51. The minimum Gasteiger partial charge on any atom is -0.462 e. The molecule has 5 nitrogen and oxygen atoms in total. The van der Waals surface area contributed by atoms with Crippen molar-refractivity contribution < 1.29 is 24.2 Å². The van der Waals surface area contributed by atoms with Gasteiger partial charge in [-0.2, -0.15) is 0 Å². The van der Waals surface area contributed by atoms with Crippen molar-refractivity contribution in [2.24, 2.45) is 0 Å². The molecule has 0 heterocycles. The number of fused-ring (bicyclic) bond motifs is 6. The van der Waals surface area contributed by atoms with Crippen LogP contribution in [0.15, 0.2) is 97.1 Å². The molecular formula is C30H22O5. The molecule has 2 aliphatic carbocycles. The quantitative estimate of drug-likeness (QED) is 0.357. The zero-order chi connectivity index (χ0) is 23.9. The smallest absolute Gasteiger partial charge is 0.462 e.